The number of carbonyl (C=O) groups excluding carboxylic acids is 2. The fourth-order valence-corrected chi connectivity index (χ4v) is 3.17. The standard InChI is InChI=1S/C18H22N4O3/c1-13(23)22-9-8-21(18(24)15-10-19-20(2)11-15)12-17(22)14-4-6-16(25-3)7-5-14/h4-7,10-11,17H,8-9,12H2,1-3H3/t17-/m1/s1. The zero-order chi connectivity index (χ0) is 18.0. The van der Waals surface area contributed by atoms with Crippen LogP contribution in [0, 0.1) is 0 Å². The Morgan fingerprint density at radius 2 is 1.92 bits per heavy atom. The van der Waals surface area contributed by atoms with Crippen molar-refractivity contribution in [2.45, 2.75) is 13.0 Å². The number of rotatable bonds is 3. The van der Waals surface area contributed by atoms with Gasteiger partial charge in [-0.3, -0.25) is 14.3 Å². The molecule has 7 heteroatoms. The molecule has 1 aliphatic heterocycles. The Morgan fingerprint density at radius 3 is 2.48 bits per heavy atom. The van der Waals surface area contributed by atoms with E-state index in [-0.39, 0.29) is 17.9 Å². The number of ether oxygens (including phenoxy) is 1. The normalized spacial score (nSPS) is 17.5. The van der Waals surface area contributed by atoms with Crippen LogP contribution < -0.4 is 4.74 Å². The summed E-state index contributed by atoms with van der Waals surface area (Å²) in [4.78, 5) is 28.4. The van der Waals surface area contributed by atoms with Gasteiger partial charge in [-0.05, 0) is 17.7 Å². The molecule has 0 bridgehead atoms. The van der Waals surface area contributed by atoms with Crippen molar-refractivity contribution in [3.63, 3.8) is 0 Å². The van der Waals surface area contributed by atoms with E-state index in [0.29, 0.717) is 25.2 Å². The Balaban J connectivity index is 1.84. The Kier molecular flexibility index (Phi) is 4.74. The molecule has 3 rings (SSSR count). The van der Waals surface area contributed by atoms with Crippen LogP contribution in [0.1, 0.15) is 28.9 Å². The van der Waals surface area contributed by atoms with Crippen LogP contribution in [0.25, 0.3) is 0 Å². The van der Waals surface area contributed by atoms with Crippen LogP contribution >= 0.6 is 0 Å². The highest BCUT2D eigenvalue weighted by Gasteiger charge is 2.32. The second-order valence-corrected chi connectivity index (χ2v) is 6.16. The summed E-state index contributed by atoms with van der Waals surface area (Å²) in [7, 11) is 3.40. The van der Waals surface area contributed by atoms with Gasteiger partial charge in [0.1, 0.15) is 5.75 Å². The van der Waals surface area contributed by atoms with E-state index < -0.39 is 0 Å². The van der Waals surface area contributed by atoms with Crippen LogP contribution in [0.2, 0.25) is 0 Å². The first-order valence-corrected chi connectivity index (χ1v) is 8.18. The molecule has 2 aromatic rings. The summed E-state index contributed by atoms with van der Waals surface area (Å²) in [6.07, 6.45) is 3.28. The molecule has 132 valence electrons. The monoisotopic (exact) mass is 342 g/mol. The lowest BCUT2D eigenvalue weighted by atomic mass is 10.0. The van der Waals surface area contributed by atoms with E-state index in [9.17, 15) is 9.59 Å². The molecule has 25 heavy (non-hydrogen) atoms. The Morgan fingerprint density at radius 1 is 1.20 bits per heavy atom. The molecule has 1 aromatic carbocycles. The predicted octanol–water partition coefficient (Wildman–Crippen LogP) is 1.47. The summed E-state index contributed by atoms with van der Waals surface area (Å²) < 4.78 is 6.81. The molecule has 0 unspecified atom stereocenters. The van der Waals surface area contributed by atoms with Crippen molar-refractivity contribution >= 4 is 11.8 Å². The number of aryl methyl sites for hydroxylation is 1. The van der Waals surface area contributed by atoms with Crippen molar-refractivity contribution in [1.82, 2.24) is 19.6 Å². The maximum atomic E-state index is 12.7. The number of hydrogen-bond acceptors (Lipinski definition) is 4. The SMILES string of the molecule is COc1ccc([C@H]2CN(C(=O)c3cnn(C)c3)CCN2C(C)=O)cc1. The predicted molar refractivity (Wildman–Crippen MR) is 92.2 cm³/mol. The molecule has 2 amide bonds. The lowest BCUT2D eigenvalue weighted by molar-refractivity contribution is -0.133. The van der Waals surface area contributed by atoms with Crippen LogP contribution in [0.3, 0.4) is 0 Å². The maximum Gasteiger partial charge on any atom is 0.257 e. The molecule has 1 saturated heterocycles. The molecule has 1 aromatic heterocycles. The Hall–Kier alpha value is -2.83. The number of methoxy groups -OCH3 is 1. The highest BCUT2D eigenvalue weighted by atomic mass is 16.5. The average Bonchev–Trinajstić information content (AvgIpc) is 3.07. The lowest BCUT2D eigenvalue weighted by Gasteiger charge is -2.41. The van der Waals surface area contributed by atoms with Gasteiger partial charge in [0.05, 0.1) is 24.9 Å². The molecule has 0 saturated carbocycles. The minimum absolute atomic E-state index is 0.00861. The molecule has 0 radical (unpaired) electrons. The molecule has 1 atom stereocenters. The third-order valence-electron chi connectivity index (χ3n) is 4.52. The van der Waals surface area contributed by atoms with Gasteiger partial charge in [0.25, 0.3) is 5.91 Å². The van der Waals surface area contributed by atoms with E-state index in [2.05, 4.69) is 5.10 Å². The quantitative estimate of drug-likeness (QED) is 0.847. The highest BCUT2D eigenvalue weighted by molar-refractivity contribution is 5.94. The molecule has 0 N–H and O–H groups in total. The van der Waals surface area contributed by atoms with Gasteiger partial charge in [0.15, 0.2) is 0 Å². The van der Waals surface area contributed by atoms with Crippen LogP contribution in [-0.4, -0.2) is 58.1 Å². The number of aromatic nitrogens is 2. The minimum atomic E-state index is -0.169. The molecule has 7 nitrogen and oxygen atoms in total. The van der Waals surface area contributed by atoms with E-state index in [0.717, 1.165) is 11.3 Å². The first-order chi connectivity index (χ1) is 12.0. The first kappa shape index (κ1) is 17.0. The van der Waals surface area contributed by atoms with Crippen molar-refractivity contribution in [2.24, 2.45) is 7.05 Å². The molecule has 0 spiro atoms. The molecular formula is C18H22N4O3. The van der Waals surface area contributed by atoms with Crippen molar-refractivity contribution in [2.75, 3.05) is 26.7 Å². The number of amides is 2. The number of benzene rings is 1. The zero-order valence-electron chi connectivity index (χ0n) is 14.7. The molecule has 1 aliphatic rings. The number of hydrogen-bond donors (Lipinski definition) is 0. The molecular weight excluding hydrogens is 320 g/mol. The van der Waals surface area contributed by atoms with Gasteiger partial charge in [-0.25, -0.2) is 0 Å². The minimum Gasteiger partial charge on any atom is -0.497 e. The van der Waals surface area contributed by atoms with Crippen LogP contribution in [-0.2, 0) is 11.8 Å². The van der Waals surface area contributed by atoms with Gasteiger partial charge in [-0.1, -0.05) is 12.1 Å². The number of piperazine rings is 1. The number of nitrogens with zero attached hydrogens (tertiary/aromatic N) is 4. The van der Waals surface area contributed by atoms with Gasteiger partial charge < -0.3 is 14.5 Å². The summed E-state index contributed by atoms with van der Waals surface area (Å²) in [5.41, 5.74) is 1.55. The second-order valence-electron chi connectivity index (χ2n) is 6.16. The van der Waals surface area contributed by atoms with Gasteiger partial charge in [-0.15, -0.1) is 0 Å². The smallest absolute Gasteiger partial charge is 0.257 e. The first-order valence-electron chi connectivity index (χ1n) is 8.18. The van der Waals surface area contributed by atoms with Gasteiger partial charge >= 0.3 is 0 Å². The molecule has 2 heterocycles. The fraction of sp³-hybridized carbons (Fsp3) is 0.389. The number of carbonyl (C=O) groups is 2. The van der Waals surface area contributed by atoms with Crippen LogP contribution in [0.5, 0.6) is 5.75 Å². The van der Waals surface area contributed by atoms with Gasteiger partial charge in [0.2, 0.25) is 5.91 Å². The van der Waals surface area contributed by atoms with E-state index >= 15 is 0 Å². The van der Waals surface area contributed by atoms with Gasteiger partial charge in [0, 0.05) is 39.8 Å². The second kappa shape index (κ2) is 6.96. The van der Waals surface area contributed by atoms with Crippen molar-refractivity contribution in [3.05, 3.63) is 47.8 Å². The van der Waals surface area contributed by atoms with E-state index in [1.807, 2.05) is 29.2 Å². The van der Waals surface area contributed by atoms with Crippen LogP contribution in [0.15, 0.2) is 36.7 Å². The molecule has 1 fully saturated rings. The van der Waals surface area contributed by atoms with Gasteiger partial charge in [-0.2, -0.15) is 5.10 Å². The summed E-state index contributed by atoms with van der Waals surface area (Å²) >= 11 is 0. The topological polar surface area (TPSA) is 67.7 Å². The highest BCUT2D eigenvalue weighted by Crippen LogP contribution is 2.28. The third kappa shape index (κ3) is 3.50. The summed E-state index contributed by atoms with van der Waals surface area (Å²) in [6, 6.07) is 7.46. The average molecular weight is 342 g/mol. The van der Waals surface area contributed by atoms with Crippen molar-refractivity contribution in [3.8, 4) is 5.75 Å². The fourth-order valence-electron chi connectivity index (χ4n) is 3.17. The Labute approximate surface area is 146 Å². The summed E-state index contributed by atoms with van der Waals surface area (Å²) in [5, 5.41) is 4.06. The van der Waals surface area contributed by atoms with E-state index in [4.69, 9.17) is 4.74 Å². The van der Waals surface area contributed by atoms with E-state index in [1.165, 1.54) is 0 Å². The Bertz CT molecular complexity index is 769. The summed E-state index contributed by atoms with van der Waals surface area (Å²) in [5.74, 6) is 0.710. The molecule has 0 aliphatic carbocycles. The van der Waals surface area contributed by atoms with E-state index in [1.54, 1.807) is 43.1 Å². The zero-order valence-corrected chi connectivity index (χ0v) is 14.7. The summed E-state index contributed by atoms with van der Waals surface area (Å²) in [6.45, 7) is 3.05. The largest absolute Gasteiger partial charge is 0.497 e. The van der Waals surface area contributed by atoms with Crippen molar-refractivity contribution in [1.29, 1.82) is 0 Å². The maximum absolute atomic E-state index is 12.7. The van der Waals surface area contributed by atoms with Crippen LogP contribution in [0.4, 0.5) is 0 Å². The lowest BCUT2D eigenvalue weighted by Crippen LogP contribution is -2.51. The third-order valence-corrected chi connectivity index (χ3v) is 4.52. The van der Waals surface area contributed by atoms with Crippen molar-refractivity contribution < 1.29 is 14.3 Å².